The number of aryl methyl sites for hydroxylation is 1. The number of hydrogen-bond acceptors (Lipinski definition) is 2. The topological polar surface area (TPSA) is 30.7 Å². The van der Waals surface area contributed by atoms with Gasteiger partial charge in [-0.2, -0.15) is 0 Å². The van der Waals surface area contributed by atoms with Crippen molar-refractivity contribution >= 4 is 23.2 Å². The Morgan fingerprint density at radius 2 is 2.06 bits per heavy atom. The Bertz CT molecular complexity index is 494. The summed E-state index contributed by atoms with van der Waals surface area (Å²) < 4.78 is 2.00. The van der Waals surface area contributed by atoms with Crippen molar-refractivity contribution in [3.05, 3.63) is 46.0 Å². The van der Waals surface area contributed by atoms with Crippen LogP contribution in [0.15, 0.2) is 24.5 Å². The summed E-state index contributed by atoms with van der Waals surface area (Å²) >= 11 is 11.8. The molecule has 0 aliphatic carbocycles. The van der Waals surface area contributed by atoms with Gasteiger partial charge in [-0.15, -0.1) is 10.2 Å². The van der Waals surface area contributed by atoms with Crippen LogP contribution >= 0.6 is 23.2 Å². The lowest BCUT2D eigenvalue weighted by molar-refractivity contribution is 0.712. The molecule has 0 aliphatic heterocycles. The molecule has 84 valence electrons. The molecule has 0 saturated carbocycles. The monoisotopic (exact) mass is 255 g/mol. The molecule has 0 atom stereocenters. The van der Waals surface area contributed by atoms with E-state index in [4.69, 9.17) is 23.2 Å². The van der Waals surface area contributed by atoms with Crippen molar-refractivity contribution in [2.24, 2.45) is 0 Å². The zero-order valence-corrected chi connectivity index (χ0v) is 10.3. The molecule has 2 rings (SSSR count). The lowest BCUT2D eigenvalue weighted by Crippen LogP contribution is -2.01. The molecule has 0 unspecified atom stereocenters. The second-order valence-corrected chi connectivity index (χ2v) is 4.27. The van der Waals surface area contributed by atoms with Gasteiger partial charge >= 0.3 is 0 Å². The lowest BCUT2D eigenvalue weighted by atomic mass is 10.1. The number of halogens is 2. The van der Waals surface area contributed by atoms with E-state index in [0.29, 0.717) is 16.5 Å². The predicted octanol–water partition coefficient (Wildman–Crippen LogP) is 3.20. The van der Waals surface area contributed by atoms with Crippen LogP contribution in [0, 0.1) is 0 Å². The fourth-order valence-electron chi connectivity index (χ4n) is 1.51. The third kappa shape index (κ3) is 2.36. The highest BCUT2D eigenvalue weighted by atomic mass is 35.5. The molecule has 0 N–H and O–H groups in total. The highest BCUT2D eigenvalue weighted by molar-refractivity contribution is 6.42. The van der Waals surface area contributed by atoms with E-state index in [1.54, 1.807) is 12.4 Å². The first-order valence-corrected chi connectivity index (χ1v) is 5.77. The Labute approximate surface area is 104 Å². The molecular weight excluding hydrogens is 245 g/mol. The maximum atomic E-state index is 5.95. The van der Waals surface area contributed by atoms with E-state index in [9.17, 15) is 0 Å². The van der Waals surface area contributed by atoms with Gasteiger partial charge in [-0.3, -0.25) is 0 Å². The molecule has 1 heterocycles. The van der Waals surface area contributed by atoms with Gasteiger partial charge in [0, 0.05) is 13.0 Å². The number of hydrogen-bond donors (Lipinski definition) is 0. The molecule has 0 fully saturated rings. The van der Waals surface area contributed by atoms with Crippen LogP contribution in [0.2, 0.25) is 10.0 Å². The van der Waals surface area contributed by atoms with Crippen molar-refractivity contribution in [3.63, 3.8) is 0 Å². The smallest absolute Gasteiger partial charge is 0.137 e. The minimum absolute atomic E-state index is 0.571. The van der Waals surface area contributed by atoms with E-state index in [-0.39, 0.29) is 0 Å². The van der Waals surface area contributed by atoms with Crippen molar-refractivity contribution in [3.8, 4) is 0 Å². The third-order valence-electron chi connectivity index (χ3n) is 2.38. The van der Waals surface area contributed by atoms with Crippen molar-refractivity contribution in [1.82, 2.24) is 14.8 Å². The molecule has 16 heavy (non-hydrogen) atoms. The first-order chi connectivity index (χ1) is 7.70. The molecule has 0 amide bonds. The molecule has 0 radical (unpaired) electrons. The van der Waals surface area contributed by atoms with Gasteiger partial charge < -0.3 is 4.57 Å². The van der Waals surface area contributed by atoms with Crippen LogP contribution in [0.4, 0.5) is 0 Å². The van der Waals surface area contributed by atoms with Gasteiger partial charge in [0.25, 0.3) is 0 Å². The maximum Gasteiger partial charge on any atom is 0.137 e. The molecule has 0 aliphatic rings. The summed E-state index contributed by atoms with van der Waals surface area (Å²) in [6.07, 6.45) is 2.44. The van der Waals surface area contributed by atoms with E-state index in [1.807, 2.05) is 16.7 Å². The van der Waals surface area contributed by atoms with Gasteiger partial charge in [-0.1, -0.05) is 29.3 Å². The summed E-state index contributed by atoms with van der Waals surface area (Å²) in [5, 5.41) is 9.10. The highest BCUT2D eigenvalue weighted by Crippen LogP contribution is 2.23. The molecule has 5 heteroatoms. The minimum Gasteiger partial charge on any atom is -0.318 e. The SMILES string of the molecule is CCn1cnnc1Cc1ccc(Cl)c(Cl)c1. The van der Waals surface area contributed by atoms with Gasteiger partial charge in [0.2, 0.25) is 0 Å². The van der Waals surface area contributed by atoms with Crippen LogP contribution < -0.4 is 0 Å². The van der Waals surface area contributed by atoms with Gasteiger partial charge in [-0.05, 0) is 24.6 Å². The molecule has 0 bridgehead atoms. The minimum atomic E-state index is 0.571. The molecule has 1 aromatic heterocycles. The molecular formula is C11H11Cl2N3. The third-order valence-corrected chi connectivity index (χ3v) is 3.12. The first-order valence-electron chi connectivity index (χ1n) is 5.01. The summed E-state index contributed by atoms with van der Waals surface area (Å²) in [6.45, 7) is 2.92. The van der Waals surface area contributed by atoms with Gasteiger partial charge in [0.15, 0.2) is 0 Å². The Morgan fingerprint density at radius 1 is 1.25 bits per heavy atom. The van der Waals surface area contributed by atoms with Crippen molar-refractivity contribution in [2.45, 2.75) is 19.9 Å². The molecule has 0 spiro atoms. The normalized spacial score (nSPS) is 10.7. The summed E-state index contributed by atoms with van der Waals surface area (Å²) in [6, 6.07) is 5.60. The van der Waals surface area contributed by atoms with E-state index >= 15 is 0 Å². The van der Waals surface area contributed by atoms with Crippen molar-refractivity contribution in [2.75, 3.05) is 0 Å². The standard InChI is InChI=1S/C11H11Cl2N3/c1-2-16-7-14-15-11(16)6-8-3-4-9(12)10(13)5-8/h3-5,7H,2,6H2,1H3. The van der Waals surface area contributed by atoms with E-state index in [1.165, 1.54) is 0 Å². The Kier molecular flexibility index (Phi) is 3.46. The Morgan fingerprint density at radius 3 is 2.75 bits per heavy atom. The molecule has 2 aromatic rings. The predicted molar refractivity (Wildman–Crippen MR) is 65.0 cm³/mol. The largest absolute Gasteiger partial charge is 0.318 e. The summed E-state index contributed by atoms with van der Waals surface area (Å²) in [4.78, 5) is 0. The van der Waals surface area contributed by atoms with Crippen LogP contribution in [-0.4, -0.2) is 14.8 Å². The lowest BCUT2D eigenvalue weighted by Gasteiger charge is -2.04. The van der Waals surface area contributed by atoms with Crippen LogP contribution in [0.1, 0.15) is 18.3 Å². The Balaban J connectivity index is 2.24. The maximum absolute atomic E-state index is 5.95. The van der Waals surface area contributed by atoms with Crippen LogP contribution in [0.25, 0.3) is 0 Å². The highest BCUT2D eigenvalue weighted by Gasteiger charge is 2.05. The first kappa shape index (κ1) is 11.4. The van der Waals surface area contributed by atoms with Crippen LogP contribution in [-0.2, 0) is 13.0 Å². The van der Waals surface area contributed by atoms with Crippen LogP contribution in [0.3, 0.4) is 0 Å². The zero-order valence-electron chi connectivity index (χ0n) is 8.82. The fourth-order valence-corrected chi connectivity index (χ4v) is 1.83. The average Bonchev–Trinajstić information content (AvgIpc) is 2.71. The van der Waals surface area contributed by atoms with E-state index < -0.39 is 0 Å². The number of benzene rings is 1. The molecule has 3 nitrogen and oxygen atoms in total. The van der Waals surface area contributed by atoms with Gasteiger partial charge in [0.1, 0.15) is 12.2 Å². The van der Waals surface area contributed by atoms with E-state index in [0.717, 1.165) is 17.9 Å². The summed E-state index contributed by atoms with van der Waals surface area (Å²) in [5.74, 6) is 0.931. The average molecular weight is 256 g/mol. The fraction of sp³-hybridized carbons (Fsp3) is 0.273. The van der Waals surface area contributed by atoms with Crippen LogP contribution in [0.5, 0.6) is 0 Å². The van der Waals surface area contributed by atoms with Crippen molar-refractivity contribution in [1.29, 1.82) is 0 Å². The Hall–Kier alpha value is -1.06. The number of aromatic nitrogens is 3. The summed E-state index contributed by atoms with van der Waals surface area (Å²) in [7, 11) is 0. The second kappa shape index (κ2) is 4.85. The second-order valence-electron chi connectivity index (χ2n) is 3.46. The quantitative estimate of drug-likeness (QED) is 0.844. The van der Waals surface area contributed by atoms with Gasteiger partial charge in [0.05, 0.1) is 10.0 Å². The number of nitrogens with zero attached hydrogens (tertiary/aromatic N) is 3. The van der Waals surface area contributed by atoms with Gasteiger partial charge in [-0.25, -0.2) is 0 Å². The summed E-state index contributed by atoms with van der Waals surface area (Å²) in [5.41, 5.74) is 1.08. The zero-order chi connectivity index (χ0) is 11.5. The van der Waals surface area contributed by atoms with Crippen molar-refractivity contribution < 1.29 is 0 Å². The number of rotatable bonds is 3. The molecule has 1 aromatic carbocycles. The van der Waals surface area contributed by atoms with E-state index in [2.05, 4.69) is 17.1 Å². The molecule has 0 saturated heterocycles.